The van der Waals surface area contributed by atoms with E-state index in [1.807, 2.05) is 42.1 Å². The minimum absolute atomic E-state index is 0.166. The molecule has 0 aliphatic carbocycles. The number of imidazole rings is 2. The van der Waals surface area contributed by atoms with Crippen LogP contribution in [0.4, 0.5) is 0 Å². The van der Waals surface area contributed by atoms with Crippen molar-refractivity contribution in [3.8, 4) is 11.4 Å². The maximum absolute atomic E-state index is 13.5. The number of nitrogens with two attached hydrogens (primary N) is 1. The van der Waals surface area contributed by atoms with Gasteiger partial charge in [0.05, 0.1) is 12.8 Å². The van der Waals surface area contributed by atoms with Gasteiger partial charge in [0.1, 0.15) is 29.6 Å². The van der Waals surface area contributed by atoms with Gasteiger partial charge in [-0.25, -0.2) is 9.97 Å². The third kappa shape index (κ3) is 3.64. The summed E-state index contributed by atoms with van der Waals surface area (Å²) >= 11 is 0. The molecule has 1 unspecified atom stereocenters. The van der Waals surface area contributed by atoms with Crippen LogP contribution in [-0.4, -0.2) is 44.1 Å². The summed E-state index contributed by atoms with van der Waals surface area (Å²) in [6, 6.07) is 13.8. The maximum atomic E-state index is 13.5. The Morgan fingerprint density at radius 3 is 2.67 bits per heavy atom. The Morgan fingerprint density at radius 2 is 1.91 bits per heavy atom. The molecule has 2 aromatic heterocycles. The minimum atomic E-state index is -0.680. The fourth-order valence-corrected chi connectivity index (χ4v) is 3.96. The van der Waals surface area contributed by atoms with E-state index >= 15 is 0 Å². The molecule has 4 aromatic rings. The van der Waals surface area contributed by atoms with Crippen molar-refractivity contribution in [2.24, 2.45) is 10.7 Å². The molecule has 0 radical (unpaired) electrons. The Labute approximate surface area is 189 Å². The first-order valence-electron chi connectivity index (χ1n) is 10.4. The van der Waals surface area contributed by atoms with Crippen LogP contribution in [0.1, 0.15) is 44.0 Å². The minimum Gasteiger partial charge on any atom is -0.366 e. The molecule has 5 rings (SSSR count). The van der Waals surface area contributed by atoms with Crippen LogP contribution in [0.5, 0.6) is 0 Å². The fraction of sp³-hybridized carbons (Fsp3) is 0.125. The highest BCUT2D eigenvalue weighted by Gasteiger charge is 2.31. The average Bonchev–Trinajstić information content (AvgIpc) is 3.47. The highest BCUT2D eigenvalue weighted by atomic mass is 16.1. The van der Waals surface area contributed by atoms with Gasteiger partial charge in [-0.1, -0.05) is 18.2 Å². The SMILES string of the molecule is CNCc1nccn1-c1ccc(C2N=Cc3ncn(-c4cccc(C(N)=O)c4)c3C2=O)cc1. The number of hydrogen-bond acceptors (Lipinski definition) is 6. The Bertz CT molecular complexity index is 1380. The second kappa shape index (κ2) is 8.29. The number of primary amides is 1. The van der Waals surface area contributed by atoms with E-state index in [-0.39, 0.29) is 5.78 Å². The van der Waals surface area contributed by atoms with Crippen molar-refractivity contribution in [1.29, 1.82) is 0 Å². The summed E-state index contributed by atoms with van der Waals surface area (Å²) in [5.74, 6) is 0.192. The van der Waals surface area contributed by atoms with Gasteiger partial charge in [0.25, 0.3) is 0 Å². The second-order valence-electron chi connectivity index (χ2n) is 7.64. The molecule has 0 saturated carbocycles. The third-order valence-corrected chi connectivity index (χ3v) is 5.57. The van der Waals surface area contributed by atoms with Crippen molar-refractivity contribution < 1.29 is 9.59 Å². The fourth-order valence-electron chi connectivity index (χ4n) is 3.96. The molecule has 1 atom stereocenters. The zero-order chi connectivity index (χ0) is 22.9. The van der Waals surface area contributed by atoms with Gasteiger partial charge in [0.15, 0.2) is 0 Å². The molecular weight excluding hydrogens is 418 g/mol. The molecular formula is C24H21N7O2. The summed E-state index contributed by atoms with van der Waals surface area (Å²) < 4.78 is 3.66. The summed E-state index contributed by atoms with van der Waals surface area (Å²) in [5.41, 5.74) is 9.04. The van der Waals surface area contributed by atoms with Gasteiger partial charge in [0, 0.05) is 29.3 Å². The van der Waals surface area contributed by atoms with E-state index in [0.29, 0.717) is 29.2 Å². The van der Waals surface area contributed by atoms with Crippen LogP contribution in [0.3, 0.4) is 0 Å². The smallest absolute Gasteiger partial charge is 0.248 e. The molecule has 0 spiro atoms. The number of aromatic nitrogens is 4. The number of fused-ring (bicyclic) bond motifs is 1. The standard InChI is InChI=1S/C24H21N7O2/c1-26-13-20-27-9-10-30(20)17-7-5-15(6-8-17)21-23(32)22-19(12-28-21)29-14-31(22)18-4-2-3-16(11-18)24(25)33/h2-12,14,21,26H,13H2,1H3,(H2,25,33). The number of aliphatic imine (C=N–C) groups is 1. The average molecular weight is 439 g/mol. The first-order valence-corrected chi connectivity index (χ1v) is 10.4. The van der Waals surface area contributed by atoms with Gasteiger partial charge in [0.2, 0.25) is 11.7 Å². The van der Waals surface area contributed by atoms with Gasteiger partial charge in [-0.2, -0.15) is 0 Å². The number of hydrogen-bond donors (Lipinski definition) is 2. The van der Waals surface area contributed by atoms with Crippen molar-refractivity contribution in [2.75, 3.05) is 7.05 Å². The Morgan fingerprint density at radius 1 is 1.09 bits per heavy atom. The van der Waals surface area contributed by atoms with Crippen LogP contribution in [0.15, 0.2) is 72.2 Å². The van der Waals surface area contributed by atoms with Crippen LogP contribution in [-0.2, 0) is 6.54 Å². The molecule has 3 heterocycles. The van der Waals surface area contributed by atoms with Gasteiger partial charge < -0.3 is 15.6 Å². The van der Waals surface area contributed by atoms with Gasteiger partial charge in [-0.15, -0.1) is 0 Å². The number of carbonyl (C=O) groups excluding carboxylic acids is 2. The monoisotopic (exact) mass is 439 g/mol. The molecule has 0 fully saturated rings. The highest BCUT2D eigenvalue weighted by molar-refractivity contribution is 6.08. The molecule has 1 amide bonds. The lowest BCUT2D eigenvalue weighted by atomic mass is 9.97. The van der Waals surface area contributed by atoms with Crippen molar-refractivity contribution in [2.45, 2.75) is 12.6 Å². The van der Waals surface area contributed by atoms with Crippen LogP contribution in [0.2, 0.25) is 0 Å². The second-order valence-corrected chi connectivity index (χ2v) is 7.64. The Kier molecular flexibility index (Phi) is 5.15. The lowest BCUT2D eigenvalue weighted by molar-refractivity contribution is 0.0952. The van der Waals surface area contributed by atoms with Gasteiger partial charge in [-0.05, 0) is 42.9 Å². The van der Waals surface area contributed by atoms with Crippen LogP contribution >= 0.6 is 0 Å². The van der Waals surface area contributed by atoms with Crippen molar-refractivity contribution in [1.82, 2.24) is 24.4 Å². The number of amides is 1. The molecule has 164 valence electrons. The third-order valence-electron chi connectivity index (χ3n) is 5.57. The van der Waals surface area contributed by atoms with E-state index in [1.54, 1.807) is 47.6 Å². The predicted molar refractivity (Wildman–Crippen MR) is 123 cm³/mol. The molecule has 2 aromatic carbocycles. The number of nitrogens with one attached hydrogen (secondary N) is 1. The molecule has 33 heavy (non-hydrogen) atoms. The molecule has 1 aliphatic heterocycles. The summed E-state index contributed by atoms with van der Waals surface area (Å²) in [4.78, 5) is 38.2. The first kappa shape index (κ1) is 20.5. The predicted octanol–water partition coefficient (Wildman–Crippen LogP) is 2.23. The van der Waals surface area contributed by atoms with E-state index < -0.39 is 11.9 Å². The maximum Gasteiger partial charge on any atom is 0.248 e. The molecule has 9 heteroatoms. The van der Waals surface area contributed by atoms with E-state index in [9.17, 15) is 9.59 Å². The molecule has 0 bridgehead atoms. The number of carbonyl (C=O) groups is 2. The van der Waals surface area contributed by atoms with Gasteiger partial charge in [-0.3, -0.25) is 19.1 Å². The van der Waals surface area contributed by atoms with E-state index in [2.05, 4.69) is 20.3 Å². The van der Waals surface area contributed by atoms with Gasteiger partial charge >= 0.3 is 0 Å². The van der Waals surface area contributed by atoms with Crippen molar-refractivity contribution in [3.05, 3.63) is 95.6 Å². The normalized spacial score (nSPS) is 14.9. The summed E-state index contributed by atoms with van der Waals surface area (Å²) in [7, 11) is 1.87. The number of Topliss-reactive ketones (excluding diaryl/α,β-unsaturated/α-hetero) is 1. The highest BCUT2D eigenvalue weighted by Crippen LogP contribution is 2.29. The topological polar surface area (TPSA) is 120 Å². The molecule has 1 aliphatic rings. The Hall–Kier alpha value is -4.37. The van der Waals surface area contributed by atoms with Crippen LogP contribution < -0.4 is 11.1 Å². The first-order chi connectivity index (χ1) is 16.1. The van der Waals surface area contributed by atoms with Crippen molar-refractivity contribution >= 4 is 17.9 Å². The zero-order valence-electron chi connectivity index (χ0n) is 17.8. The number of rotatable bonds is 6. The van der Waals surface area contributed by atoms with Crippen LogP contribution in [0.25, 0.3) is 11.4 Å². The van der Waals surface area contributed by atoms with E-state index in [0.717, 1.165) is 17.1 Å². The molecule has 9 nitrogen and oxygen atoms in total. The summed E-state index contributed by atoms with van der Waals surface area (Å²) in [6.07, 6.45) is 6.83. The van der Waals surface area contributed by atoms with Crippen LogP contribution in [0, 0.1) is 0 Å². The van der Waals surface area contributed by atoms with Crippen molar-refractivity contribution in [3.63, 3.8) is 0 Å². The Balaban J connectivity index is 1.47. The molecule has 3 N–H and O–H groups in total. The lowest BCUT2D eigenvalue weighted by Crippen LogP contribution is -2.21. The summed E-state index contributed by atoms with van der Waals surface area (Å²) in [6.45, 7) is 0.643. The van der Waals surface area contributed by atoms with E-state index in [1.165, 1.54) is 0 Å². The number of nitrogens with zero attached hydrogens (tertiary/aromatic N) is 5. The van der Waals surface area contributed by atoms with E-state index in [4.69, 9.17) is 5.73 Å². The molecule has 0 saturated heterocycles. The largest absolute Gasteiger partial charge is 0.366 e. The number of ketones is 1. The lowest BCUT2D eigenvalue weighted by Gasteiger charge is -2.18. The summed E-state index contributed by atoms with van der Waals surface area (Å²) in [5, 5.41) is 3.10. The zero-order valence-corrected chi connectivity index (χ0v) is 17.8. The quantitative estimate of drug-likeness (QED) is 0.477. The number of benzene rings is 2.